The summed E-state index contributed by atoms with van der Waals surface area (Å²) in [5.74, 6) is 0.917. The van der Waals surface area contributed by atoms with Gasteiger partial charge in [0.25, 0.3) is 0 Å². The van der Waals surface area contributed by atoms with Gasteiger partial charge >= 0.3 is 0 Å². The van der Waals surface area contributed by atoms with Crippen molar-refractivity contribution in [2.75, 3.05) is 6.54 Å². The molecule has 17 heavy (non-hydrogen) atoms. The molecule has 0 saturated heterocycles. The van der Waals surface area contributed by atoms with E-state index in [1.54, 1.807) is 0 Å². The van der Waals surface area contributed by atoms with Crippen LogP contribution in [0, 0.1) is 6.92 Å². The highest BCUT2D eigenvalue weighted by Gasteiger charge is 1.99. The summed E-state index contributed by atoms with van der Waals surface area (Å²) in [5, 5.41) is 4.00. The maximum Gasteiger partial charge on any atom is 0.133 e. The molecule has 2 N–H and O–H groups in total. The molecule has 1 aromatic rings. The number of nitrogens with two attached hydrogens (primary N) is 1. The zero-order chi connectivity index (χ0) is 12.3. The van der Waals surface area contributed by atoms with Gasteiger partial charge in [-0.15, -0.1) is 0 Å². The fourth-order valence-electron chi connectivity index (χ4n) is 2.05. The van der Waals surface area contributed by atoms with Gasteiger partial charge in [-0.25, -0.2) is 0 Å². The Morgan fingerprint density at radius 1 is 1.00 bits per heavy atom. The molecule has 0 aliphatic rings. The van der Waals surface area contributed by atoms with E-state index in [2.05, 4.69) is 5.16 Å². The summed E-state index contributed by atoms with van der Waals surface area (Å²) >= 11 is 0. The van der Waals surface area contributed by atoms with E-state index in [9.17, 15) is 0 Å². The molecule has 0 aliphatic heterocycles. The molecule has 0 bridgehead atoms. The zero-order valence-corrected chi connectivity index (χ0v) is 11.1. The smallest absolute Gasteiger partial charge is 0.133 e. The lowest BCUT2D eigenvalue weighted by atomic mass is 10.1. The molecule has 0 unspecified atom stereocenters. The van der Waals surface area contributed by atoms with Crippen molar-refractivity contribution in [3.8, 4) is 0 Å². The number of hydrogen-bond donors (Lipinski definition) is 1. The Balaban J connectivity index is 1.84. The number of aryl methyl sites for hydroxylation is 2. The minimum atomic E-state index is 0.844. The second kappa shape index (κ2) is 9.23. The Morgan fingerprint density at radius 2 is 1.59 bits per heavy atom. The van der Waals surface area contributed by atoms with Crippen LogP contribution in [-0.2, 0) is 6.42 Å². The topological polar surface area (TPSA) is 52.0 Å². The van der Waals surface area contributed by atoms with Crippen molar-refractivity contribution in [1.29, 1.82) is 0 Å². The number of rotatable bonds is 10. The molecule has 0 spiro atoms. The molecular formula is C14H26N2O. The van der Waals surface area contributed by atoms with Gasteiger partial charge in [-0.2, -0.15) is 0 Å². The highest BCUT2D eigenvalue weighted by Crippen LogP contribution is 2.11. The summed E-state index contributed by atoms with van der Waals surface area (Å²) in [7, 11) is 0. The van der Waals surface area contributed by atoms with Gasteiger partial charge in [-0.3, -0.25) is 0 Å². The van der Waals surface area contributed by atoms with Crippen molar-refractivity contribution < 1.29 is 4.52 Å². The first-order valence-corrected chi connectivity index (χ1v) is 6.95. The lowest BCUT2D eigenvalue weighted by Crippen LogP contribution is -1.97. The molecular weight excluding hydrogens is 212 g/mol. The van der Waals surface area contributed by atoms with E-state index >= 15 is 0 Å². The standard InChI is InChI=1S/C14H26N2O/c1-13-12-14(16-17-13)10-8-6-4-2-3-5-7-9-11-15/h12H,2-11,15H2,1H3. The fraction of sp³-hybridized carbons (Fsp3) is 0.786. The average molecular weight is 238 g/mol. The Labute approximate surface area is 105 Å². The minimum absolute atomic E-state index is 0.844. The van der Waals surface area contributed by atoms with Crippen LogP contribution in [0.1, 0.15) is 62.8 Å². The number of unbranched alkanes of at least 4 members (excludes halogenated alkanes) is 7. The van der Waals surface area contributed by atoms with Gasteiger partial charge in [0.2, 0.25) is 0 Å². The van der Waals surface area contributed by atoms with Crippen LogP contribution in [0.2, 0.25) is 0 Å². The predicted molar refractivity (Wildman–Crippen MR) is 70.9 cm³/mol. The van der Waals surface area contributed by atoms with E-state index in [4.69, 9.17) is 10.3 Å². The van der Waals surface area contributed by atoms with Crippen LogP contribution in [0.5, 0.6) is 0 Å². The van der Waals surface area contributed by atoms with Crippen LogP contribution in [-0.4, -0.2) is 11.7 Å². The average Bonchev–Trinajstić information content (AvgIpc) is 2.73. The quantitative estimate of drug-likeness (QED) is 0.634. The normalized spacial score (nSPS) is 10.9. The van der Waals surface area contributed by atoms with Crippen molar-refractivity contribution in [2.24, 2.45) is 5.73 Å². The van der Waals surface area contributed by atoms with Crippen LogP contribution in [0.25, 0.3) is 0 Å². The molecule has 0 aliphatic carbocycles. The molecule has 0 amide bonds. The van der Waals surface area contributed by atoms with E-state index in [1.807, 2.05) is 13.0 Å². The third kappa shape index (κ3) is 7.16. The third-order valence-electron chi connectivity index (χ3n) is 3.06. The maximum atomic E-state index is 5.45. The van der Waals surface area contributed by atoms with Crippen LogP contribution < -0.4 is 5.73 Å². The van der Waals surface area contributed by atoms with Gasteiger partial charge in [0.1, 0.15) is 5.76 Å². The Bertz CT molecular complexity index is 284. The molecule has 1 heterocycles. The molecule has 0 radical (unpaired) electrons. The van der Waals surface area contributed by atoms with Crippen molar-refractivity contribution in [2.45, 2.75) is 64.7 Å². The Kier molecular flexibility index (Phi) is 7.72. The van der Waals surface area contributed by atoms with E-state index in [-0.39, 0.29) is 0 Å². The summed E-state index contributed by atoms with van der Waals surface area (Å²) in [6, 6.07) is 2.03. The van der Waals surface area contributed by atoms with Gasteiger partial charge in [0.15, 0.2) is 0 Å². The zero-order valence-electron chi connectivity index (χ0n) is 11.1. The monoisotopic (exact) mass is 238 g/mol. The number of hydrogen-bond acceptors (Lipinski definition) is 3. The van der Waals surface area contributed by atoms with E-state index in [1.165, 1.54) is 51.4 Å². The van der Waals surface area contributed by atoms with Crippen molar-refractivity contribution in [3.05, 3.63) is 17.5 Å². The van der Waals surface area contributed by atoms with Gasteiger partial charge < -0.3 is 10.3 Å². The van der Waals surface area contributed by atoms with Crippen molar-refractivity contribution in [3.63, 3.8) is 0 Å². The Hall–Kier alpha value is -0.830. The SMILES string of the molecule is Cc1cc(CCCCCCCCCCN)no1. The molecule has 0 saturated carbocycles. The second-order valence-corrected chi connectivity index (χ2v) is 4.80. The first-order valence-electron chi connectivity index (χ1n) is 6.95. The van der Waals surface area contributed by atoms with E-state index in [0.717, 1.165) is 24.4 Å². The molecule has 0 atom stereocenters. The largest absolute Gasteiger partial charge is 0.361 e. The molecule has 3 nitrogen and oxygen atoms in total. The highest BCUT2D eigenvalue weighted by molar-refractivity contribution is 5.03. The summed E-state index contributed by atoms with van der Waals surface area (Å²) in [6.45, 7) is 2.79. The van der Waals surface area contributed by atoms with Gasteiger partial charge in [-0.1, -0.05) is 43.7 Å². The highest BCUT2D eigenvalue weighted by atomic mass is 16.5. The number of aromatic nitrogens is 1. The molecule has 0 aromatic carbocycles. The molecule has 0 fully saturated rings. The van der Waals surface area contributed by atoms with Crippen LogP contribution in [0.3, 0.4) is 0 Å². The Morgan fingerprint density at radius 3 is 2.12 bits per heavy atom. The molecule has 1 aromatic heterocycles. The summed E-state index contributed by atoms with van der Waals surface area (Å²) in [5.41, 5.74) is 6.55. The third-order valence-corrected chi connectivity index (χ3v) is 3.06. The molecule has 1 rings (SSSR count). The second-order valence-electron chi connectivity index (χ2n) is 4.80. The first kappa shape index (κ1) is 14.2. The predicted octanol–water partition coefficient (Wildman–Crippen LogP) is 3.61. The molecule has 3 heteroatoms. The maximum absolute atomic E-state index is 5.45. The first-order chi connectivity index (χ1) is 8.33. The van der Waals surface area contributed by atoms with E-state index in [0.29, 0.717) is 0 Å². The van der Waals surface area contributed by atoms with E-state index < -0.39 is 0 Å². The lowest BCUT2D eigenvalue weighted by Gasteiger charge is -2.00. The minimum Gasteiger partial charge on any atom is -0.361 e. The summed E-state index contributed by atoms with van der Waals surface area (Å²) in [6.07, 6.45) is 11.5. The van der Waals surface area contributed by atoms with Gasteiger partial charge in [0.05, 0.1) is 5.69 Å². The number of nitrogens with zero attached hydrogens (tertiary/aromatic N) is 1. The van der Waals surface area contributed by atoms with Crippen molar-refractivity contribution >= 4 is 0 Å². The van der Waals surface area contributed by atoms with Crippen LogP contribution in [0.15, 0.2) is 10.6 Å². The van der Waals surface area contributed by atoms with Gasteiger partial charge in [-0.05, 0) is 32.7 Å². The fourth-order valence-corrected chi connectivity index (χ4v) is 2.05. The molecule has 98 valence electrons. The summed E-state index contributed by atoms with van der Waals surface area (Å²) in [4.78, 5) is 0. The van der Waals surface area contributed by atoms with Crippen LogP contribution in [0.4, 0.5) is 0 Å². The summed E-state index contributed by atoms with van der Waals surface area (Å²) < 4.78 is 5.04. The van der Waals surface area contributed by atoms with Gasteiger partial charge in [0, 0.05) is 6.07 Å². The lowest BCUT2D eigenvalue weighted by molar-refractivity contribution is 0.389. The van der Waals surface area contributed by atoms with Crippen LogP contribution >= 0.6 is 0 Å². The van der Waals surface area contributed by atoms with Crippen molar-refractivity contribution in [1.82, 2.24) is 5.16 Å².